The molecule has 0 bridgehead atoms. The molecule has 0 aliphatic carbocycles. The Labute approximate surface area is 700 Å². The number of ether oxygens (including phenoxy) is 13. The van der Waals surface area contributed by atoms with Crippen molar-refractivity contribution in [3.05, 3.63) is 57.5 Å². The van der Waals surface area contributed by atoms with Crippen molar-refractivity contribution in [2.45, 2.75) is 309 Å². The van der Waals surface area contributed by atoms with E-state index < -0.39 is 138 Å². The van der Waals surface area contributed by atoms with E-state index in [1.807, 2.05) is 83.6 Å². The first kappa shape index (κ1) is 101. The van der Waals surface area contributed by atoms with E-state index in [9.17, 15) is 38.7 Å². The molecule has 0 aromatic heterocycles. The number of ketones is 1. The van der Waals surface area contributed by atoms with Gasteiger partial charge < -0.3 is 97.3 Å². The van der Waals surface area contributed by atoms with Crippen molar-refractivity contribution in [1.29, 1.82) is 0 Å². The zero-order chi connectivity index (χ0) is 88.5. The minimum Gasteiger partial charge on any atom is -0.458 e. The number of alkyl carbamates (subject to hydrolysis) is 2. The molecule has 0 radical (unpaired) electrons. The molecule has 5 saturated heterocycles. The minimum atomic E-state index is -1.24. The molecule has 6 unspecified atom stereocenters. The van der Waals surface area contributed by atoms with Crippen molar-refractivity contribution in [2.24, 2.45) is 57.6 Å². The van der Waals surface area contributed by atoms with Gasteiger partial charge in [0.25, 0.3) is 0 Å². The largest absolute Gasteiger partial charge is 0.458 e. The maximum absolute atomic E-state index is 14.5. The summed E-state index contributed by atoms with van der Waals surface area (Å²) >= 11 is 0. The highest BCUT2D eigenvalue weighted by Crippen LogP contribution is 2.46. The Hall–Kier alpha value is -7.07. The zero-order valence-electron chi connectivity index (χ0n) is 75.1. The number of hydrogen-bond acceptors (Lipinski definition) is 26. The number of carbonyl (C=O) groups excluding carboxylic acids is 7. The Bertz CT molecular complexity index is 3440. The number of carbonyl (C=O) groups is 7. The van der Waals surface area contributed by atoms with Gasteiger partial charge in [-0.15, -0.1) is 0 Å². The highest BCUT2D eigenvalue weighted by Gasteiger charge is 2.60. The second kappa shape index (κ2) is 46.3. The molecule has 6 aliphatic rings. The van der Waals surface area contributed by atoms with Crippen LogP contribution < -0.4 is 16.0 Å². The molecule has 0 spiro atoms. The standard InChI is InChI=1S/C44H76N6O11.C40H69N7O10/c1-15-23-56-40(53)46-26-32-24-33(49(12)13)29(5)39(57-32)58-37(30(6)35-31(7)38(52)60-42(8,9)59-35)43(10,55-14)25-27(3)19-20-28(4)36-44(11,34(51)16-2)61-41(54)50(36)22-18-17-21-47-48-45;1-13-19-53-37(50)43-23-29-20-30(46(10)11)25(4)36(54-29)56-34-26(5)32(48)27(6)35(49)55-31(14-2)40(9)33(28(7)42-22-24(3)21-39(34,8)52-12)47(38(51)57-40)18-16-15-17-44-45-41/h15,27-30,32-34,36-37,39,51H,1,16-26H2,2-14H3,(H,46,53);13,24-31,33-34,36,42H,1,14-23H2,2-12H3,(H,43,50)/t27-,28-,29?,30-,32?,33?,34+,36+,37+,39-,43+,44+;24-,25?,26+,27-,28-,29?,30?,31-,33-,34-,36+,39-,40-/m01/s1. The van der Waals surface area contributed by atoms with E-state index in [2.05, 4.69) is 86.7 Å². The van der Waals surface area contributed by atoms with E-state index in [0.29, 0.717) is 108 Å². The molecule has 25 atom stereocenters. The number of azide groups is 2. The fourth-order valence-electron chi connectivity index (χ4n) is 18.4. The van der Waals surface area contributed by atoms with Gasteiger partial charge in [-0.05, 0) is 183 Å². The number of rotatable bonds is 38. The van der Waals surface area contributed by atoms with Crippen LogP contribution >= 0.6 is 0 Å². The number of nitrogens with zero attached hydrogens (tertiary/aromatic N) is 10. The van der Waals surface area contributed by atoms with Gasteiger partial charge in [0.05, 0.1) is 59.4 Å². The molecule has 6 rings (SSSR count). The summed E-state index contributed by atoms with van der Waals surface area (Å²) in [4.78, 5) is 106. The van der Waals surface area contributed by atoms with Gasteiger partial charge in [0.2, 0.25) is 5.79 Å². The summed E-state index contributed by atoms with van der Waals surface area (Å²) in [5, 5.41) is 27.7. The summed E-state index contributed by atoms with van der Waals surface area (Å²) in [6.07, 6.45) is 2.11. The Morgan fingerprint density at radius 3 is 1.81 bits per heavy atom. The molecule has 0 aromatic rings. The first-order chi connectivity index (χ1) is 55.5. The summed E-state index contributed by atoms with van der Waals surface area (Å²) < 4.78 is 80.5. The van der Waals surface area contributed by atoms with Gasteiger partial charge in [0.15, 0.2) is 29.6 Å². The molecule has 0 aromatic carbocycles. The molecule has 118 heavy (non-hydrogen) atoms. The monoisotopic (exact) mass is 1670 g/mol. The highest BCUT2D eigenvalue weighted by molar-refractivity contribution is 6.00. The molecule has 6 heterocycles. The zero-order valence-corrected chi connectivity index (χ0v) is 75.1. The number of esters is 2. The summed E-state index contributed by atoms with van der Waals surface area (Å²) in [5.41, 5.74) is 13.4. The summed E-state index contributed by atoms with van der Waals surface area (Å²) in [7, 11) is 11.2. The Morgan fingerprint density at radius 1 is 0.771 bits per heavy atom. The lowest BCUT2D eigenvalue weighted by molar-refractivity contribution is -0.286. The molecule has 5 fully saturated rings. The van der Waals surface area contributed by atoms with Gasteiger partial charge in [0.1, 0.15) is 31.0 Å². The Morgan fingerprint density at radius 2 is 1.31 bits per heavy atom. The van der Waals surface area contributed by atoms with Crippen molar-refractivity contribution in [1.82, 2.24) is 35.6 Å². The number of methoxy groups -OCH3 is 2. The molecule has 672 valence electrons. The normalized spacial score (nSPS) is 32.6. The number of aliphatic hydroxyl groups excluding tert-OH is 1. The molecular weight excluding hydrogens is 1530 g/mol. The van der Waals surface area contributed by atoms with Crippen LogP contribution in [-0.4, -0.2) is 276 Å². The maximum atomic E-state index is 14.5. The van der Waals surface area contributed by atoms with Crippen LogP contribution in [0, 0.1) is 47.3 Å². The second-order valence-corrected chi connectivity index (χ2v) is 35.1. The van der Waals surface area contributed by atoms with E-state index in [4.69, 9.17) is 72.6 Å². The fourth-order valence-corrected chi connectivity index (χ4v) is 18.4. The topological polar surface area (TPSA) is 406 Å². The van der Waals surface area contributed by atoms with Gasteiger partial charge >= 0.3 is 36.3 Å². The molecule has 0 saturated carbocycles. The number of fused-ring (bicyclic) bond motifs is 1. The summed E-state index contributed by atoms with van der Waals surface area (Å²) in [5.74, 6) is -5.14. The minimum absolute atomic E-state index is 0.00633. The SMILES string of the molecule is C=CCOC(=O)NCC1CC(N(C)C)C(C)[C@H](O[C@@H]2[C@@H](C)C(=O)[C@@H](C)C(=O)O[C@H](CC)[C@@]3(C)OC(=O)N(CCCCN=[N+]=[N-])[C@@H]3[C@@H](C)NC[C@H](C)C[C@@]2(C)OC)O1.C=CCOC(=O)NCC1CC(N(C)C)C(C)[C@H](O[C@H]([C@@H](C)C2=C(C)C(=O)OC(C)(C)O2)[C@@](C)(C[C@@H](C)CC[C@H](C)[C@H]2N(CCCCN=[N+]=[N-])C(=O)O[C@]2(C)[C@H](O)CC)OC)O1. The predicted octanol–water partition coefficient (Wildman–Crippen LogP) is 12.7. The fraction of sp³-hybridized carbons (Fsp3) is 0.845. The van der Waals surface area contributed by atoms with Crippen LogP contribution in [-0.2, 0) is 76.0 Å². The van der Waals surface area contributed by atoms with E-state index in [1.165, 1.54) is 19.1 Å². The van der Waals surface area contributed by atoms with Crippen molar-refractivity contribution in [3.8, 4) is 0 Å². The number of cyclic esters (lactones) is 3. The molecule has 6 aliphatic heterocycles. The van der Waals surface area contributed by atoms with Gasteiger partial charge in [0, 0.05) is 119 Å². The van der Waals surface area contributed by atoms with Crippen LogP contribution in [0.4, 0.5) is 19.2 Å². The maximum Gasteiger partial charge on any atom is 0.410 e. The van der Waals surface area contributed by atoms with Crippen molar-refractivity contribution < 1.29 is 100 Å². The molecule has 34 heteroatoms. The van der Waals surface area contributed by atoms with Crippen LogP contribution in [0.2, 0.25) is 0 Å². The molecule has 4 amide bonds. The summed E-state index contributed by atoms with van der Waals surface area (Å²) in [6, 6.07) is -1.18. The van der Waals surface area contributed by atoms with Crippen LogP contribution in [0.15, 0.2) is 46.9 Å². The highest BCUT2D eigenvalue weighted by atomic mass is 16.7. The van der Waals surface area contributed by atoms with Gasteiger partial charge in [-0.3, -0.25) is 14.5 Å². The number of amides is 4. The lowest BCUT2D eigenvalue weighted by atomic mass is 9.76. The number of nitrogens with one attached hydrogen (secondary N) is 3. The third-order valence-electron chi connectivity index (χ3n) is 24.9. The van der Waals surface area contributed by atoms with Gasteiger partial charge in [-0.2, -0.15) is 0 Å². The third kappa shape index (κ3) is 26.5. The number of aliphatic hydroxyl groups is 1. The first-order valence-electron chi connectivity index (χ1n) is 42.4. The molecule has 34 nitrogen and oxygen atoms in total. The lowest BCUT2D eigenvalue weighted by Crippen LogP contribution is -2.61. The van der Waals surface area contributed by atoms with E-state index in [0.717, 1.165) is 12.8 Å². The number of hydrogen-bond donors (Lipinski definition) is 4. The third-order valence-corrected chi connectivity index (χ3v) is 24.9. The van der Waals surface area contributed by atoms with Crippen molar-refractivity contribution in [3.63, 3.8) is 0 Å². The van der Waals surface area contributed by atoms with Crippen LogP contribution in [0.5, 0.6) is 0 Å². The smallest absolute Gasteiger partial charge is 0.410 e. The van der Waals surface area contributed by atoms with Gasteiger partial charge in [-0.25, -0.2) is 24.0 Å². The second-order valence-electron chi connectivity index (χ2n) is 35.1. The van der Waals surface area contributed by atoms with E-state index >= 15 is 0 Å². The average Bonchev–Trinajstić information content (AvgIpc) is 1.30. The van der Waals surface area contributed by atoms with Gasteiger partial charge in [-0.1, -0.05) is 104 Å². The number of unbranched alkanes of at least 4 members (excludes halogenated alkanes) is 2. The quantitative estimate of drug-likeness (QED) is 0.00652. The van der Waals surface area contributed by atoms with Crippen molar-refractivity contribution >= 4 is 42.1 Å². The molecular formula is C84H145N13O21. The Balaban J connectivity index is 0.000000421. The lowest BCUT2D eigenvalue weighted by Gasteiger charge is -2.48. The van der Waals surface area contributed by atoms with Crippen molar-refractivity contribution in [2.75, 3.05) is 101 Å². The molecule has 4 N–H and O–H groups in total. The van der Waals surface area contributed by atoms with Crippen LogP contribution in [0.3, 0.4) is 0 Å². The van der Waals surface area contributed by atoms with Crippen LogP contribution in [0.1, 0.15) is 202 Å². The van der Waals surface area contributed by atoms with E-state index in [1.54, 1.807) is 58.6 Å². The first-order valence-corrected chi connectivity index (χ1v) is 42.4. The summed E-state index contributed by atoms with van der Waals surface area (Å²) in [6.45, 7) is 43.7. The van der Waals surface area contributed by atoms with Crippen LogP contribution in [0.25, 0.3) is 20.9 Å². The Kier molecular flexibility index (Phi) is 39.8. The number of Topliss-reactive ketones (excluding diaryl/α,β-unsaturated/α-hetero) is 1. The average molecular weight is 1670 g/mol. The van der Waals surface area contributed by atoms with E-state index in [-0.39, 0.29) is 85.8 Å². The predicted molar refractivity (Wildman–Crippen MR) is 443 cm³/mol.